The number of piperazine rings is 1. The molecule has 13 rings (SSSR count). The fraction of sp³-hybridized carbons (Fsp3) is 0.590. The van der Waals surface area contributed by atoms with Crippen LogP contribution in [-0.2, 0) is 102 Å². The number of aliphatic hydroxyl groups excluding tert-OH is 1. The minimum Gasteiger partial charge on any atom is -0.460 e. The normalized spacial score (nSPS) is 26.2. The molecule has 10 heterocycles. The summed E-state index contributed by atoms with van der Waals surface area (Å²) in [6, 6.07) is 10.7. The Kier molecular flexibility index (Phi) is 37.9. The van der Waals surface area contributed by atoms with Gasteiger partial charge in [0.15, 0.2) is 17.0 Å². The number of aromatic nitrogens is 9. The molecule has 3 saturated heterocycles. The second-order valence-electron chi connectivity index (χ2n) is 37.4. The number of ether oxygens (including phenoxy) is 11. The molecule has 139 heavy (non-hydrogen) atoms. The lowest BCUT2D eigenvalue weighted by Gasteiger charge is -2.43. The Labute approximate surface area is 810 Å². The molecule has 0 radical (unpaired) electrons. The van der Waals surface area contributed by atoms with Gasteiger partial charge in [0.2, 0.25) is 23.6 Å². The zero-order chi connectivity index (χ0) is 99.0. The van der Waals surface area contributed by atoms with Crippen LogP contribution in [0.4, 0.5) is 34.3 Å². The van der Waals surface area contributed by atoms with E-state index in [1.54, 1.807) is 53.6 Å². The summed E-state index contributed by atoms with van der Waals surface area (Å²) < 4.78 is 72.8. The highest BCUT2D eigenvalue weighted by molar-refractivity contribution is 6.39. The minimum absolute atomic E-state index is 0.000989. The third kappa shape index (κ3) is 27.5. The van der Waals surface area contributed by atoms with Crippen molar-refractivity contribution in [2.24, 2.45) is 35.5 Å². The summed E-state index contributed by atoms with van der Waals surface area (Å²) in [4.78, 5) is 137. The smallest absolute Gasteiger partial charge is 0.407 e. The lowest BCUT2D eigenvalue weighted by molar-refractivity contribution is -0.265. The molecule has 2 aromatic carbocycles. The molecule has 1 saturated carbocycles. The van der Waals surface area contributed by atoms with E-state index in [0.717, 1.165) is 22.3 Å². The van der Waals surface area contributed by atoms with Gasteiger partial charge in [0.05, 0.1) is 101 Å². The molecule has 4 amide bonds. The van der Waals surface area contributed by atoms with Crippen molar-refractivity contribution in [2.75, 3.05) is 154 Å². The number of nitrogens with zero attached hydrogens (tertiary/aromatic N) is 13. The summed E-state index contributed by atoms with van der Waals surface area (Å²) >= 11 is 0. The number of aliphatic hydroxyl groups is 2. The van der Waals surface area contributed by atoms with Crippen molar-refractivity contribution in [3.8, 4) is 11.3 Å². The first-order valence-corrected chi connectivity index (χ1v) is 48.5. The van der Waals surface area contributed by atoms with Crippen LogP contribution in [0.15, 0.2) is 113 Å². The third-order valence-corrected chi connectivity index (χ3v) is 27.5. The molecule has 754 valence electrons. The average Bonchev–Trinajstić information content (AvgIpc) is 1.60. The van der Waals surface area contributed by atoms with Gasteiger partial charge in [-0.05, 0) is 148 Å². The second kappa shape index (κ2) is 50.2. The maximum Gasteiger partial charge on any atom is 0.407 e. The van der Waals surface area contributed by atoms with Crippen LogP contribution in [0.3, 0.4) is 0 Å². The third-order valence-electron chi connectivity index (χ3n) is 27.5. The predicted octanol–water partition coefficient (Wildman–Crippen LogP) is 8.98. The number of esters is 1. The van der Waals surface area contributed by atoms with Crippen molar-refractivity contribution in [1.29, 1.82) is 0 Å². The monoisotopic (exact) mass is 1930 g/mol. The van der Waals surface area contributed by atoms with Gasteiger partial charge in [0, 0.05) is 148 Å². The van der Waals surface area contributed by atoms with Crippen molar-refractivity contribution >= 4 is 93.0 Å². The number of nitrogens with one attached hydrogen (secondary N) is 2. The number of cyclic esters (lactones) is 1. The van der Waals surface area contributed by atoms with Gasteiger partial charge in [-0.1, -0.05) is 89.3 Å². The van der Waals surface area contributed by atoms with Crippen LogP contribution in [0.5, 0.6) is 0 Å². The summed E-state index contributed by atoms with van der Waals surface area (Å²) in [6.07, 6.45) is 17.2. The number of carbonyl (C=O) groups is 7. The zero-order valence-corrected chi connectivity index (χ0v) is 81.7. The van der Waals surface area contributed by atoms with Crippen LogP contribution < -0.4 is 37.6 Å². The molecule has 0 spiro atoms. The summed E-state index contributed by atoms with van der Waals surface area (Å²) in [7, 11) is 6.13. The van der Waals surface area contributed by atoms with E-state index in [4.69, 9.17) is 78.8 Å². The van der Waals surface area contributed by atoms with E-state index in [9.17, 15) is 43.8 Å². The van der Waals surface area contributed by atoms with Gasteiger partial charge in [-0.3, -0.25) is 24.0 Å². The Bertz CT molecular complexity index is 5450. The minimum atomic E-state index is -2.47. The number of nitrogens with two attached hydrogens (primary N) is 3. The Hall–Kier alpha value is -11.4. The van der Waals surface area contributed by atoms with Crippen LogP contribution >= 0.6 is 0 Å². The highest BCUT2D eigenvalue weighted by Crippen LogP contribution is 2.41. The molecule has 39 heteroatoms. The van der Waals surface area contributed by atoms with Gasteiger partial charge in [-0.2, -0.15) is 15.1 Å². The van der Waals surface area contributed by atoms with E-state index in [-0.39, 0.29) is 99.0 Å². The zero-order valence-electron chi connectivity index (χ0n) is 81.7. The molecule has 7 aromatic rings. The lowest BCUT2D eigenvalue weighted by Crippen LogP contribution is -2.61. The predicted molar refractivity (Wildman–Crippen MR) is 517 cm³/mol. The molecule has 10 N–H and O–H groups in total. The van der Waals surface area contributed by atoms with Crippen LogP contribution in [0, 0.1) is 35.5 Å². The van der Waals surface area contributed by atoms with Gasteiger partial charge >= 0.3 is 12.1 Å². The second-order valence-corrected chi connectivity index (χ2v) is 37.4. The van der Waals surface area contributed by atoms with Gasteiger partial charge in [0.25, 0.3) is 23.6 Å². The highest BCUT2D eigenvalue weighted by Gasteiger charge is 2.54. The molecule has 4 fully saturated rings. The van der Waals surface area contributed by atoms with Crippen molar-refractivity contribution < 1.29 is 100 Å². The molecule has 5 aromatic heterocycles. The standard InChI is InChI=1S/C100H138N18O21/c1-60-17-13-12-14-18-61(2)79(128-8)51-73-25-20-66(7)100(127,139-73)89(122)94(124)117-31-16-15-19-76(117)95(125)136-81(52-80(129-9)62(3)46-65(6)87(121)88(131-11)86(120)64(5)45-60)63(4)47-67-22-26-78(82(49-67)130-10)138-99(126)108-55-69-53-105-97(106-54-69)114-33-35-115(36-34-114)98-107-56-74(90(101)112-98)93(123)104-30-38-133-40-42-135-44-43-134-41-39-132-37-29-83(119)116-32-28-70-48-68(21-23-72(70)58-116)57-118-92-84(91(102)109-59-110-92)85(113-118)71-24-27-77-75(50-71)111-96(103)137-77/h12-14,17-18,21,23-24,27,46,48,50,53-54,56,59-60,62-64,66-67,73,76,78-82,87-88,121,127H,15-16,19-20,22,25-26,28-45,47,49,51-52,55,57-58H2,1-11H3,(H2,103,111)(H,104,123)(H,108,126)(H2,101,107,112)(H2,102,109,110)/b14-12?,17-13+,61-18?,65-46+/t60-,62-,63-,64-,66-,67+,73+,76+,78-,79+,80-,81+,82-,87-,88+,100-/m1/s1. The van der Waals surface area contributed by atoms with Gasteiger partial charge in [-0.25, -0.2) is 39.2 Å². The van der Waals surface area contributed by atoms with Gasteiger partial charge in [-0.15, -0.1) is 0 Å². The number of allylic oxidation sites excluding steroid dienone is 5. The van der Waals surface area contributed by atoms with Crippen molar-refractivity contribution in [1.82, 2.24) is 65.1 Å². The number of anilines is 5. The van der Waals surface area contributed by atoms with Crippen LogP contribution in [0.25, 0.3) is 33.4 Å². The number of fused-ring (bicyclic) bond motifs is 6. The fourth-order valence-electron chi connectivity index (χ4n) is 19.4. The van der Waals surface area contributed by atoms with Crippen LogP contribution in [0.1, 0.15) is 165 Å². The molecule has 6 aliphatic rings. The molecule has 5 aliphatic heterocycles. The van der Waals surface area contributed by atoms with E-state index in [1.807, 2.05) is 109 Å². The number of amides is 4. The number of rotatable bonds is 31. The van der Waals surface area contributed by atoms with Crippen LogP contribution in [0.2, 0.25) is 0 Å². The van der Waals surface area contributed by atoms with Crippen molar-refractivity contribution in [3.05, 3.63) is 137 Å². The van der Waals surface area contributed by atoms with E-state index in [2.05, 4.69) is 57.7 Å². The summed E-state index contributed by atoms with van der Waals surface area (Å²) in [6.45, 7) is 19.6. The highest BCUT2D eigenvalue weighted by atomic mass is 16.6. The topological polar surface area (TPSA) is 498 Å². The number of piperidine rings is 1. The number of benzene rings is 2. The van der Waals surface area contributed by atoms with E-state index in [0.29, 0.717) is 213 Å². The molecular formula is C100H138N18O21. The number of alkyl carbamates (subject to hydrolysis) is 1. The average molecular weight is 1930 g/mol. The molecular weight excluding hydrogens is 1790 g/mol. The number of ketones is 2. The van der Waals surface area contributed by atoms with Crippen LogP contribution in [-0.4, -0.2) is 294 Å². The number of carbonyl (C=O) groups excluding carboxylic acids is 7. The maximum atomic E-state index is 15.0. The fourth-order valence-corrected chi connectivity index (χ4v) is 19.4. The van der Waals surface area contributed by atoms with E-state index in [1.165, 1.54) is 30.1 Å². The summed E-state index contributed by atoms with van der Waals surface area (Å²) in [5.74, 6) is -6.69. The van der Waals surface area contributed by atoms with Crippen molar-refractivity contribution in [3.63, 3.8) is 0 Å². The first-order chi connectivity index (χ1) is 67.0. The number of hydrogen-bond acceptors (Lipinski definition) is 34. The first-order valence-electron chi connectivity index (χ1n) is 48.5. The quantitative estimate of drug-likeness (QED) is 0.00921. The first kappa shape index (κ1) is 105. The Morgan fingerprint density at radius 2 is 1.40 bits per heavy atom. The summed E-state index contributed by atoms with van der Waals surface area (Å²) in [5.41, 5.74) is 27.1. The Morgan fingerprint density at radius 3 is 2.12 bits per heavy atom. The Morgan fingerprint density at radius 1 is 0.676 bits per heavy atom. The Balaban J connectivity index is 0.501. The van der Waals surface area contributed by atoms with E-state index >= 15 is 0 Å². The molecule has 1 aliphatic carbocycles. The SMILES string of the molecule is CO[C@H]1C[C@@H]2CC[C@@H](C)[C@@](O)(O2)C(=O)C(=O)N2CCCC[C@H]2C(=O)O[C@H]([C@H](C)C[C@@H]2CC[C@@H](OC(=O)NCc3cnc(N4CCN(c5ncc(C(=O)NCCOCCOCCOCCOCCC(=O)N6CCc7cc(Cn8nc(-c9ccc%10oc(N)nc%10c9)c9c(N)ncnc98)ccc7C6)c(N)n5)CC4)nc3)[C@H](OC)C2)C[C@@H](OC)[C@H](C)/C=C(\C)[C@@H](O)[C@@H](OC)C(=O)[C@H](C)C[C@H](C)/C=C/C=CC=C1C. The number of methoxy groups -OCH3 is 4. The molecule has 0 unspecified atom stereocenters. The van der Waals surface area contributed by atoms with Gasteiger partial charge < -0.3 is 114 Å². The number of Topliss-reactive ketones (excluding diaryl/α,β-unsaturated/α-hetero) is 2. The maximum absolute atomic E-state index is 15.0. The van der Waals surface area contributed by atoms with Gasteiger partial charge in [0.1, 0.15) is 59.6 Å². The molecule has 2 bridgehead atoms. The summed E-state index contributed by atoms with van der Waals surface area (Å²) in [5, 5.41) is 35.3. The number of hydrogen-bond donors (Lipinski definition) is 7. The number of oxazole rings is 1. The van der Waals surface area contributed by atoms with Crippen molar-refractivity contribution in [2.45, 2.75) is 219 Å². The molecule has 16 atom stereocenters. The number of nitrogen functional groups attached to an aromatic ring is 3. The lowest BCUT2D eigenvalue weighted by atomic mass is 9.78. The van der Waals surface area contributed by atoms with E-state index < -0.39 is 108 Å². The largest absolute Gasteiger partial charge is 0.460 e. The molecule has 39 nitrogen and oxygen atoms in total.